The quantitative estimate of drug-likeness (QED) is 0.252. The summed E-state index contributed by atoms with van der Waals surface area (Å²) in [5.74, 6) is -0.616. The first-order valence-corrected chi connectivity index (χ1v) is 13.3. The Kier molecular flexibility index (Phi) is 6.68. The Labute approximate surface area is 239 Å². The molecule has 0 aliphatic heterocycles. The number of rotatable bonds is 7. The molecule has 3 aromatic carbocycles. The first kappa shape index (κ1) is 27.1. The lowest BCUT2D eigenvalue weighted by Gasteiger charge is -2.18. The second-order valence-electron chi connectivity index (χ2n) is 10.2. The van der Waals surface area contributed by atoms with Crippen LogP contribution in [0.2, 0.25) is 0 Å². The number of fused-ring (bicyclic) bond motifs is 1. The van der Waals surface area contributed by atoms with Gasteiger partial charge in [0.15, 0.2) is 11.6 Å². The zero-order valence-electron chi connectivity index (χ0n) is 23.0. The van der Waals surface area contributed by atoms with Crippen LogP contribution in [-0.2, 0) is 5.54 Å². The van der Waals surface area contributed by atoms with Crippen molar-refractivity contribution in [3.63, 3.8) is 0 Å². The maximum absolute atomic E-state index is 13.6. The number of furan rings is 1. The summed E-state index contributed by atoms with van der Waals surface area (Å²) in [6.45, 7) is 1.90. The number of amides is 2. The van der Waals surface area contributed by atoms with Crippen LogP contribution in [-0.4, -0.2) is 35.9 Å². The number of ether oxygens (including phenoxy) is 1. The average molecular weight is 569 g/mol. The minimum atomic E-state index is -0.768. The highest BCUT2D eigenvalue weighted by Crippen LogP contribution is 2.44. The van der Waals surface area contributed by atoms with E-state index in [1.54, 1.807) is 30.3 Å². The fraction of sp³-hybridized carbons (Fsp3) is 0.188. The highest BCUT2D eigenvalue weighted by atomic mass is 19.1. The second kappa shape index (κ2) is 10.4. The monoisotopic (exact) mass is 568 g/mol. The van der Waals surface area contributed by atoms with E-state index in [1.165, 1.54) is 26.3 Å². The summed E-state index contributed by atoms with van der Waals surface area (Å²) in [4.78, 5) is 34.7. The summed E-state index contributed by atoms with van der Waals surface area (Å²) in [5.41, 5.74) is 3.24. The highest BCUT2D eigenvalue weighted by Gasteiger charge is 2.49. The van der Waals surface area contributed by atoms with E-state index in [9.17, 15) is 18.4 Å². The van der Waals surface area contributed by atoms with E-state index in [0.717, 1.165) is 29.1 Å². The standard InChI is InChI=1S/C32H26F2N4O4/c1-17-12-26(41-3)24(29(39)38-32(10-11-32)31-36-15-21(34)16-37-31)14-22(17)19-6-9-25-23(13-19)27(30(40)35-2)28(42-25)18-4-7-20(33)8-5-18/h4-9,12-16H,10-11H2,1-3H3,(H,35,40)(H,38,39). The van der Waals surface area contributed by atoms with E-state index in [-0.39, 0.29) is 11.8 Å². The summed E-state index contributed by atoms with van der Waals surface area (Å²) in [7, 11) is 3.02. The van der Waals surface area contributed by atoms with Gasteiger partial charge in [0.2, 0.25) is 0 Å². The van der Waals surface area contributed by atoms with Crippen LogP contribution < -0.4 is 15.4 Å². The molecule has 0 saturated heterocycles. The molecule has 8 nitrogen and oxygen atoms in total. The minimum Gasteiger partial charge on any atom is -0.496 e. The van der Waals surface area contributed by atoms with Gasteiger partial charge in [0, 0.05) is 18.0 Å². The Morgan fingerprint density at radius 3 is 2.26 bits per heavy atom. The van der Waals surface area contributed by atoms with Gasteiger partial charge < -0.3 is 19.8 Å². The fourth-order valence-corrected chi connectivity index (χ4v) is 5.13. The number of nitrogens with one attached hydrogen (secondary N) is 2. The zero-order chi connectivity index (χ0) is 29.6. The Balaban J connectivity index is 1.42. The number of aryl methyl sites for hydroxylation is 1. The molecule has 0 radical (unpaired) electrons. The molecule has 0 bridgehead atoms. The third kappa shape index (κ3) is 4.74. The first-order chi connectivity index (χ1) is 20.2. The molecule has 1 aliphatic rings. The number of nitrogens with zero attached hydrogens (tertiary/aromatic N) is 2. The van der Waals surface area contributed by atoms with Crippen LogP contribution in [0.5, 0.6) is 5.75 Å². The molecule has 0 unspecified atom stereocenters. The SMILES string of the molecule is CNC(=O)c1c(-c2ccc(F)cc2)oc2ccc(-c3cc(C(=O)NC4(c5ncc(F)cn5)CC4)c(OC)cc3C)cc12. The van der Waals surface area contributed by atoms with Crippen LogP contribution >= 0.6 is 0 Å². The van der Waals surface area contributed by atoms with Gasteiger partial charge in [0.1, 0.15) is 28.4 Å². The Bertz CT molecular complexity index is 1850. The Morgan fingerprint density at radius 1 is 0.929 bits per heavy atom. The van der Waals surface area contributed by atoms with Gasteiger partial charge in [-0.2, -0.15) is 0 Å². The highest BCUT2D eigenvalue weighted by molar-refractivity contribution is 6.12. The number of carbonyl (C=O) groups is 2. The van der Waals surface area contributed by atoms with Gasteiger partial charge in [-0.25, -0.2) is 18.7 Å². The molecular weight excluding hydrogens is 542 g/mol. The third-order valence-corrected chi connectivity index (χ3v) is 7.50. The van der Waals surface area contributed by atoms with E-state index in [0.29, 0.717) is 57.8 Å². The van der Waals surface area contributed by atoms with Crippen molar-refractivity contribution in [2.45, 2.75) is 25.3 Å². The maximum atomic E-state index is 13.6. The molecule has 1 saturated carbocycles. The summed E-state index contributed by atoms with van der Waals surface area (Å²) >= 11 is 0. The minimum absolute atomic E-state index is 0.303. The van der Waals surface area contributed by atoms with Crippen molar-refractivity contribution in [2.75, 3.05) is 14.2 Å². The molecule has 10 heteroatoms. The lowest BCUT2D eigenvalue weighted by molar-refractivity contribution is 0.0923. The van der Waals surface area contributed by atoms with Crippen LogP contribution in [0, 0.1) is 18.6 Å². The van der Waals surface area contributed by atoms with Crippen LogP contribution in [0.15, 0.2) is 71.4 Å². The predicted molar refractivity (Wildman–Crippen MR) is 152 cm³/mol. The van der Waals surface area contributed by atoms with Gasteiger partial charge in [-0.05, 0) is 85.0 Å². The molecule has 6 rings (SSSR count). The van der Waals surface area contributed by atoms with Gasteiger partial charge >= 0.3 is 0 Å². The van der Waals surface area contributed by atoms with Crippen LogP contribution in [0.4, 0.5) is 8.78 Å². The summed E-state index contributed by atoms with van der Waals surface area (Å²) < 4.78 is 38.6. The number of aromatic nitrogens is 2. The van der Waals surface area contributed by atoms with Crippen molar-refractivity contribution in [3.8, 4) is 28.2 Å². The molecule has 2 aromatic heterocycles. The number of hydrogen-bond donors (Lipinski definition) is 2. The van der Waals surface area contributed by atoms with Crippen molar-refractivity contribution in [3.05, 3.63) is 101 Å². The lowest BCUT2D eigenvalue weighted by atomic mass is 9.95. The molecular formula is C32H26F2N4O4. The fourth-order valence-electron chi connectivity index (χ4n) is 5.13. The third-order valence-electron chi connectivity index (χ3n) is 7.50. The Morgan fingerprint density at radius 2 is 1.62 bits per heavy atom. The van der Waals surface area contributed by atoms with Crippen molar-refractivity contribution >= 4 is 22.8 Å². The van der Waals surface area contributed by atoms with E-state index < -0.39 is 17.2 Å². The van der Waals surface area contributed by atoms with Gasteiger partial charge in [-0.3, -0.25) is 9.59 Å². The summed E-state index contributed by atoms with van der Waals surface area (Å²) in [6.07, 6.45) is 3.42. The van der Waals surface area contributed by atoms with Gasteiger partial charge in [0.25, 0.3) is 11.8 Å². The smallest absolute Gasteiger partial charge is 0.255 e. The van der Waals surface area contributed by atoms with Gasteiger partial charge in [0.05, 0.1) is 30.6 Å². The maximum Gasteiger partial charge on any atom is 0.255 e. The molecule has 0 atom stereocenters. The van der Waals surface area contributed by atoms with Crippen molar-refractivity contribution in [2.24, 2.45) is 0 Å². The van der Waals surface area contributed by atoms with Crippen LogP contribution in [0.3, 0.4) is 0 Å². The summed E-state index contributed by atoms with van der Waals surface area (Å²) in [6, 6.07) is 14.7. The van der Waals surface area contributed by atoms with Crippen LogP contribution in [0.25, 0.3) is 33.4 Å². The molecule has 1 fully saturated rings. The number of methoxy groups -OCH3 is 1. The van der Waals surface area contributed by atoms with E-state index in [2.05, 4.69) is 20.6 Å². The summed E-state index contributed by atoms with van der Waals surface area (Å²) in [5, 5.41) is 6.25. The Hall–Kier alpha value is -5.12. The van der Waals surface area contributed by atoms with Crippen molar-refractivity contribution < 1.29 is 27.5 Å². The van der Waals surface area contributed by atoms with E-state index in [4.69, 9.17) is 9.15 Å². The number of halogens is 2. The number of carbonyl (C=O) groups excluding carboxylic acids is 2. The first-order valence-electron chi connectivity index (χ1n) is 13.3. The normalized spacial score (nSPS) is 13.5. The lowest BCUT2D eigenvalue weighted by Crippen LogP contribution is -2.36. The molecule has 42 heavy (non-hydrogen) atoms. The van der Waals surface area contributed by atoms with E-state index in [1.807, 2.05) is 19.1 Å². The van der Waals surface area contributed by atoms with E-state index >= 15 is 0 Å². The molecule has 2 amide bonds. The predicted octanol–water partition coefficient (Wildman–Crippen LogP) is 5.93. The topological polar surface area (TPSA) is 106 Å². The molecule has 5 aromatic rings. The average Bonchev–Trinajstić information content (AvgIpc) is 3.67. The van der Waals surface area contributed by atoms with Crippen molar-refractivity contribution in [1.82, 2.24) is 20.6 Å². The van der Waals surface area contributed by atoms with Crippen LogP contribution in [0.1, 0.15) is 44.9 Å². The molecule has 212 valence electrons. The molecule has 1 aliphatic carbocycles. The molecule has 2 N–H and O–H groups in total. The zero-order valence-corrected chi connectivity index (χ0v) is 23.0. The van der Waals surface area contributed by atoms with Crippen molar-refractivity contribution in [1.29, 1.82) is 0 Å². The van der Waals surface area contributed by atoms with Gasteiger partial charge in [-0.15, -0.1) is 0 Å². The largest absolute Gasteiger partial charge is 0.496 e. The van der Waals surface area contributed by atoms with Gasteiger partial charge in [-0.1, -0.05) is 6.07 Å². The number of hydrogen-bond acceptors (Lipinski definition) is 6. The number of benzene rings is 3. The second-order valence-corrected chi connectivity index (χ2v) is 10.2. The molecule has 0 spiro atoms. The molecule has 2 heterocycles.